The van der Waals surface area contributed by atoms with E-state index in [1.54, 1.807) is 6.92 Å². The molecule has 5 heterocycles. The number of nitrogens with zero attached hydrogens (tertiary/aromatic N) is 4. The first-order valence-corrected chi connectivity index (χ1v) is 13.1. The summed E-state index contributed by atoms with van der Waals surface area (Å²) in [6.07, 6.45) is 2.26. The number of ether oxygens (including phenoxy) is 3. The van der Waals surface area contributed by atoms with Crippen LogP contribution in [0.5, 0.6) is 0 Å². The van der Waals surface area contributed by atoms with Gasteiger partial charge in [-0.15, -0.1) is 11.3 Å². The van der Waals surface area contributed by atoms with Gasteiger partial charge < -0.3 is 19.1 Å². The second-order valence-corrected chi connectivity index (χ2v) is 10.8. The van der Waals surface area contributed by atoms with Crippen LogP contribution in [0.3, 0.4) is 0 Å². The van der Waals surface area contributed by atoms with E-state index in [2.05, 4.69) is 28.7 Å². The van der Waals surface area contributed by atoms with Crippen molar-refractivity contribution in [3.8, 4) is 0 Å². The molecule has 0 spiro atoms. The number of carbonyl (C=O) groups is 2. The maximum atomic E-state index is 12.1. The number of carbonyl (C=O) groups excluding carboxylic acids is 2. The van der Waals surface area contributed by atoms with Gasteiger partial charge in [0.15, 0.2) is 0 Å². The van der Waals surface area contributed by atoms with E-state index in [4.69, 9.17) is 19.2 Å². The number of fused-ring (bicyclic) bond motifs is 5. The van der Waals surface area contributed by atoms with Crippen molar-refractivity contribution in [3.63, 3.8) is 0 Å². The van der Waals surface area contributed by atoms with Gasteiger partial charge in [-0.1, -0.05) is 11.8 Å². The third kappa shape index (κ3) is 4.37. The normalized spacial score (nSPS) is 17.7. The van der Waals surface area contributed by atoms with E-state index in [0.29, 0.717) is 24.8 Å². The first kappa shape index (κ1) is 23.4. The molecule has 3 aromatic rings. The summed E-state index contributed by atoms with van der Waals surface area (Å²) in [5.41, 5.74) is 2.86. The van der Waals surface area contributed by atoms with Crippen LogP contribution in [-0.2, 0) is 36.8 Å². The Kier molecular flexibility index (Phi) is 6.45. The fourth-order valence-electron chi connectivity index (χ4n) is 4.31. The van der Waals surface area contributed by atoms with E-state index < -0.39 is 11.8 Å². The smallest absolute Gasteiger partial charge is 0.375 e. The second-order valence-electron chi connectivity index (χ2n) is 8.79. The molecule has 3 aromatic heterocycles. The number of Topliss-reactive ketones (excluding diaryl/α,β-unsaturated/α-hetero) is 1. The highest BCUT2D eigenvalue weighted by Gasteiger charge is 2.33. The van der Waals surface area contributed by atoms with Crippen molar-refractivity contribution in [1.29, 1.82) is 0 Å². The summed E-state index contributed by atoms with van der Waals surface area (Å²) in [4.78, 5) is 41.1. The molecule has 34 heavy (non-hydrogen) atoms. The van der Waals surface area contributed by atoms with E-state index in [1.165, 1.54) is 35.0 Å². The van der Waals surface area contributed by atoms with Gasteiger partial charge in [0, 0.05) is 30.5 Å². The Bertz CT molecular complexity index is 1270. The van der Waals surface area contributed by atoms with Crippen LogP contribution in [0.2, 0.25) is 0 Å². The molecular weight excluding hydrogens is 476 g/mol. The third-order valence-electron chi connectivity index (χ3n) is 5.93. The standard InChI is InChI=1S/C23H26N4O5S2/c1-4-31-22(29)15(28)11-33-21-18-17(24-12-25-21)16-13-9-23(2,3)32-10-14(13)19(26-20(16)34-18)27-5-7-30-8-6-27/h12H,4-11H2,1-3H3. The van der Waals surface area contributed by atoms with Crippen molar-refractivity contribution in [2.45, 2.75) is 44.4 Å². The van der Waals surface area contributed by atoms with E-state index in [9.17, 15) is 9.59 Å². The Morgan fingerprint density at radius 2 is 2.03 bits per heavy atom. The summed E-state index contributed by atoms with van der Waals surface area (Å²) in [6.45, 7) is 9.47. The van der Waals surface area contributed by atoms with Crippen LogP contribution in [0.15, 0.2) is 11.4 Å². The van der Waals surface area contributed by atoms with Crippen LogP contribution in [-0.4, -0.2) is 71.0 Å². The lowest BCUT2D eigenvalue weighted by atomic mass is 9.90. The van der Waals surface area contributed by atoms with Gasteiger partial charge in [0.1, 0.15) is 22.0 Å². The number of ketones is 1. The molecule has 0 aromatic carbocycles. The number of rotatable bonds is 6. The summed E-state index contributed by atoms with van der Waals surface area (Å²) in [7, 11) is 0. The molecule has 9 nitrogen and oxygen atoms in total. The monoisotopic (exact) mass is 502 g/mol. The van der Waals surface area contributed by atoms with Gasteiger partial charge in [-0.2, -0.15) is 0 Å². The van der Waals surface area contributed by atoms with Crippen molar-refractivity contribution in [2.24, 2.45) is 0 Å². The molecule has 180 valence electrons. The molecule has 2 aliphatic rings. The Morgan fingerprint density at radius 1 is 1.24 bits per heavy atom. The van der Waals surface area contributed by atoms with Gasteiger partial charge in [0.2, 0.25) is 5.78 Å². The zero-order valence-electron chi connectivity index (χ0n) is 19.4. The molecule has 11 heteroatoms. The number of esters is 1. The van der Waals surface area contributed by atoms with E-state index in [-0.39, 0.29) is 18.0 Å². The van der Waals surface area contributed by atoms with Gasteiger partial charge >= 0.3 is 5.97 Å². The van der Waals surface area contributed by atoms with Crippen LogP contribution in [0.4, 0.5) is 5.82 Å². The third-order valence-corrected chi connectivity index (χ3v) is 8.13. The largest absolute Gasteiger partial charge is 0.460 e. The highest BCUT2D eigenvalue weighted by atomic mass is 32.2. The molecule has 0 N–H and O–H groups in total. The Labute approximate surface area is 205 Å². The van der Waals surface area contributed by atoms with E-state index >= 15 is 0 Å². The molecule has 0 radical (unpaired) electrons. The lowest BCUT2D eigenvalue weighted by molar-refractivity contribution is -0.152. The lowest BCUT2D eigenvalue weighted by Gasteiger charge is -2.36. The molecule has 0 saturated carbocycles. The first-order chi connectivity index (χ1) is 16.4. The molecule has 0 amide bonds. The van der Waals surface area contributed by atoms with Crippen molar-refractivity contribution >= 4 is 61.1 Å². The Morgan fingerprint density at radius 3 is 2.79 bits per heavy atom. The van der Waals surface area contributed by atoms with E-state index in [1.807, 2.05) is 0 Å². The summed E-state index contributed by atoms with van der Waals surface area (Å²) in [5.74, 6) is -0.481. The maximum Gasteiger partial charge on any atom is 0.375 e. The van der Waals surface area contributed by atoms with Crippen molar-refractivity contribution in [2.75, 3.05) is 43.6 Å². The molecule has 1 saturated heterocycles. The predicted molar refractivity (Wildman–Crippen MR) is 131 cm³/mol. The number of anilines is 1. The molecule has 0 atom stereocenters. The second kappa shape index (κ2) is 9.37. The number of thioether (sulfide) groups is 1. The number of aromatic nitrogens is 3. The minimum atomic E-state index is -0.815. The molecule has 0 bridgehead atoms. The molecule has 0 aliphatic carbocycles. The summed E-state index contributed by atoms with van der Waals surface area (Å²) >= 11 is 2.75. The average Bonchev–Trinajstić information content (AvgIpc) is 3.21. The number of thiophene rings is 1. The van der Waals surface area contributed by atoms with Gasteiger partial charge in [-0.3, -0.25) is 4.79 Å². The average molecular weight is 503 g/mol. The lowest BCUT2D eigenvalue weighted by Crippen LogP contribution is -2.39. The minimum absolute atomic E-state index is 0.0371. The molecule has 5 rings (SSSR count). The maximum absolute atomic E-state index is 12.1. The fraction of sp³-hybridized carbons (Fsp3) is 0.522. The van der Waals surface area contributed by atoms with Crippen LogP contribution in [0, 0.1) is 0 Å². The summed E-state index contributed by atoms with van der Waals surface area (Å²) < 4.78 is 17.4. The molecule has 1 fully saturated rings. The topological polar surface area (TPSA) is 104 Å². The van der Waals surface area contributed by atoms with Crippen molar-refractivity contribution < 1.29 is 23.8 Å². The van der Waals surface area contributed by atoms with Crippen LogP contribution in [0.1, 0.15) is 31.9 Å². The molecule has 0 unspecified atom stereocenters. The number of morpholine rings is 1. The Hall–Kier alpha value is -2.34. The van der Waals surface area contributed by atoms with Crippen LogP contribution in [0.25, 0.3) is 20.4 Å². The van der Waals surface area contributed by atoms with E-state index in [0.717, 1.165) is 51.3 Å². The SMILES string of the molecule is CCOC(=O)C(=O)CSc1ncnc2c1sc1nc(N3CCOCC3)c3c(c12)CC(C)(C)OC3. The van der Waals surface area contributed by atoms with Crippen molar-refractivity contribution in [1.82, 2.24) is 15.0 Å². The van der Waals surface area contributed by atoms with Crippen LogP contribution >= 0.6 is 23.1 Å². The highest BCUT2D eigenvalue weighted by molar-refractivity contribution is 8.00. The zero-order chi connectivity index (χ0) is 23.9. The van der Waals surface area contributed by atoms with Crippen molar-refractivity contribution in [3.05, 3.63) is 17.5 Å². The van der Waals surface area contributed by atoms with Gasteiger partial charge in [-0.05, 0) is 26.3 Å². The van der Waals surface area contributed by atoms with Gasteiger partial charge in [0.05, 0.1) is 48.0 Å². The minimum Gasteiger partial charge on any atom is -0.460 e. The molecule has 2 aliphatic heterocycles. The van der Waals surface area contributed by atoms with Gasteiger partial charge in [-0.25, -0.2) is 19.7 Å². The number of pyridine rings is 1. The molecular formula is C23H26N4O5S2. The predicted octanol–water partition coefficient (Wildman–Crippen LogP) is 3.15. The quantitative estimate of drug-likeness (QED) is 0.216. The zero-order valence-corrected chi connectivity index (χ0v) is 21.0. The fourth-order valence-corrected chi connectivity index (χ4v) is 6.39. The number of hydrogen-bond donors (Lipinski definition) is 0. The highest BCUT2D eigenvalue weighted by Crippen LogP contribution is 2.44. The summed E-state index contributed by atoms with van der Waals surface area (Å²) in [5, 5.41) is 1.70. The first-order valence-electron chi connectivity index (χ1n) is 11.3. The number of hydrogen-bond acceptors (Lipinski definition) is 11. The Balaban J connectivity index is 1.60. The summed E-state index contributed by atoms with van der Waals surface area (Å²) in [6, 6.07) is 0. The van der Waals surface area contributed by atoms with Crippen LogP contribution < -0.4 is 4.90 Å². The van der Waals surface area contributed by atoms with Gasteiger partial charge in [0.25, 0.3) is 0 Å².